The Morgan fingerprint density at radius 3 is 1.31 bits per heavy atom. The summed E-state index contributed by atoms with van der Waals surface area (Å²) in [5.74, 6) is 0.659. The Morgan fingerprint density at radius 1 is 0.812 bits per heavy atom. The van der Waals surface area contributed by atoms with E-state index in [1.807, 2.05) is 26.4 Å². The number of hydrogen-bond acceptors (Lipinski definition) is 3. The Balaban J connectivity index is -0.0000000900. The van der Waals surface area contributed by atoms with Crippen LogP contribution in [-0.4, -0.2) is 20.4 Å². The van der Waals surface area contributed by atoms with Crippen molar-refractivity contribution in [2.45, 2.75) is 19.8 Å². The van der Waals surface area contributed by atoms with E-state index in [4.69, 9.17) is 14.4 Å². The average Bonchev–Trinajstić information content (AvgIpc) is 2.38. The van der Waals surface area contributed by atoms with E-state index in [1.54, 1.807) is 0 Å². The predicted octanol–water partition coefficient (Wildman–Crippen LogP) is 2.25. The second-order valence-corrected chi connectivity index (χ2v) is 2.57. The molecule has 0 spiro atoms. The van der Waals surface area contributed by atoms with Gasteiger partial charge in [-0.25, -0.2) is 0 Å². The molecule has 90 valence electrons. The third-order valence-electron chi connectivity index (χ3n) is 1.47. The van der Waals surface area contributed by atoms with Crippen molar-refractivity contribution in [3.05, 3.63) is 35.9 Å². The topological polar surface area (TPSA) is 51.2 Å². The molecule has 0 N–H and O–H groups in total. The minimum absolute atomic E-state index is 0. The minimum Gasteiger partial charge on any atom is -0.307 e. The normalized spacial score (nSPS) is 6.44. The summed E-state index contributed by atoms with van der Waals surface area (Å²) in [6, 6.07) is 10.5. The molecule has 0 saturated heterocycles. The van der Waals surface area contributed by atoms with Gasteiger partial charge in [0, 0.05) is 21.1 Å². The first-order valence-electron chi connectivity index (χ1n) is 4.22. The smallest absolute Gasteiger partial charge is 0.106 e. The zero-order valence-corrected chi connectivity index (χ0v) is 11.7. The van der Waals surface area contributed by atoms with Gasteiger partial charge in [0.05, 0.1) is 0 Å². The SMILES string of the molecule is C=O.C=O.C=O.CC(C)c1ccccc1.[Mo]. The molecule has 0 saturated carbocycles. The Labute approximate surface area is 112 Å². The van der Waals surface area contributed by atoms with Crippen molar-refractivity contribution in [3.63, 3.8) is 0 Å². The Kier molecular flexibility index (Phi) is 35.8. The summed E-state index contributed by atoms with van der Waals surface area (Å²) in [7, 11) is 0. The third-order valence-corrected chi connectivity index (χ3v) is 1.47. The molecular formula is C12H18MoO3. The maximum absolute atomic E-state index is 8.00. The molecular weight excluding hydrogens is 288 g/mol. The first-order chi connectivity index (χ1) is 7.30. The first kappa shape index (κ1) is 24.2. The summed E-state index contributed by atoms with van der Waals surface area (Å²) in [6.07, 6.45) is 0. The van der Waals surface area contributed by atoms with E-state index in [-0.39, 0.29) is 21.1 Å². The first-order valence-corrected chi connectivity index (χ1v) is 4.22. The van der Waals surface area contributed by atoms with Crippen molar-refractivity contribution in [2.75, 3.05) is 0 Å². The summed E-state index contributed by atoms with van der Waals surface area (Å²) in [4.78, 5) is 24.0. The zero-order valence-electron chi connectivity index (χ0n) is 9.72. The van der Waals surface area contributed by atoms with Crippen LogP contribution in [0.3, 0.4) is 0 Å². The van der Waals surface area contributed by atoms with Gasteiger partial charge in [0.15, 0.2) is 0 Å². The molecule has 0 amide bonds. The zero-order chi connectivity index (χ0) is 12.7. The molecule has 16 heavy (non-hydrogen) atoms. The molecule has 0 fully saturated rings. The molecule has 0 aliphatic heterocycles. The molecule has 4 heteroatoms. The van der Waals surface area contributed by atoms with Gasteiger partial charge >= 0.3 is 0 Å². The summed E-state index contributed by atoms with van der Waals surface area (Å²) in [6.45, 7) is 10.4. The summed E-state index contributed by atoms with van der Waals surface area (Å²) < 4.78 is 0. The van der Waals surface area contributed by atoms with E-state index < -0.39 is 0 Å². The number of hydrogen-bond donors (Lipinski definition) is 0. The molecule has 1 aromatic carbocycles. The van der Waals surface area contributed by atoms with Crippen LogP contribution < -0.4 is 0 Å². The molecule has 0 radical (unpaired) electrons. The Morgan fingerprint density at radius 2 is 1.12 bits per heavy atom. The molecule has 0 bridgehead atoms. The monoisotopic (exact) mass is 308 g/mol. The molecule has 1 rings (SSSR count). The van der Waals surface area contributed by atoms with E-state index in [0.717, 1.165) is 0 Å². The van der Waals surface area contributed by atoms with Crippen LogP contribution >= 0.6 is 0 Å². The summed E-state index contributed by atoms with van der Waals surface area (Å²) in [5.41, 5.74) is 1.41. The number of carbonyl (C=O) groups excluding carboxylic acids is 3. The van der Waals surface area contributed by atoms with Crippen LogP contribution in [0, 0.1) is 0 Å². The maximum Gasteiger partial charge on any atom is 0.106 e. The van der Waals surface area contributed by atoms with Crippen molar-refractivity contribution < 1.29 is 35.4 Å². The molecule has 0 aromatic heterocycles. The largest absolute Gasteiger partial charge is 0.307 e. The average molecular weight is 306 g/mol. The fourth-order valence-electron chi connectivity index (χ4n) is 0.838. The van der Waals surface area contributed by atoms with E-state index in [1.165, 1.54) is 5.56 Å². The molecule has 1 aromatic rings. The third kappa shape index (κ3) is 15.4. The van der Waals surface area contributed by atoms with E-state index in [9.17, 15) is 0 Å². The van der Waals surface area contributed by atoms with Crippen LogP contribution in [0.4, 0.5) is 0 Å². The van der Waals surface area contributed by atoms with Crippen LogP contribution in [0.15, 0.2) is 30.3 Å². The van der Waals surface area contributed by atoms with Crippen LogP contribution in [0.25, 0.3) is 0 Å². The van der Waals surface area contributed by atoms with Gasteiger partial charge in [0.2, 0.25) is 0 Å². The van der Waals surface area contributed by atoms with Crippen LogP contribution in [0.1, 0.15) is 25.3 Å². The van der Waals surface area contributed by atoms with Crippen LogP contribution in [0.2, 0.25) is 0 Å². The molecule has 0 heterocycles. The fourth-order valence-corrected chi connectivity index (χ4v) is 0.838. The van der Waals surface area contributed by atoms with Gasteiger partial charge in [-0.2, -0.15) is 0 Å². The Hall–Kier alpha value is -1.08. The van der Waals surface area contributed by atoms with Gasteiger partial charge < -0.3 is 14.4 Å². The van der Waals surface area contributed by atoms with Gasteiger partial charge in [-0.3, -0.25) is 0 Å². The summed E-state index contributed by atoms with van der Waals surface area (Å²) >= 11 is 0. The number of rotatable bonds is 1. The van der Waals surface area contributed by atoms with Gasteiger partial charge in [0.1, 0.15) is 20.4 Å². The maximum atomic E-state index is 8.00. The standard InChI is InChI=1S/C9H12.3CH2O.Mo/c1-8(2)9-6-4-3-5-7-9;3*1-2;/h3-8H,1-2H3;3*1H2;. The van der Waals surface area contributed by atoms with Crippen molar-refractivity contribution in [3.8, 4) is 0 Å². The fraction of sp³-hybridized carbons (Fsp3) is 0.250. The van der Waals surface area contributed by atoms with Gasteiger partial charge in [-0.1, -0.05) is 44.2 Å². The van der Waals surface area contributed by atoms with Gasteiger partial charge in [-0.15, -0.1) is 0 Å². The minimum atomic E-state index is 0. The second kappa shape index (κ2) is 23.6. The van der Waals surface area contributed by atoms with Crippen LogP contribution in [0.5, 0.6) is 0 Å². The molecule has 0 aliphatic rings. The summed E-state index contributed by atoms with van der Waals surface area (Å²) in [5, 5.41) is 0. The van der Waals surface area contributed by atoms with Crippen LogP contribution in [-0.2, 0) is 35.4 Å². The molecule has 3 nitrogen and oxygen atoms in total. The van der Waals surface area contributed by atoms with Gasteiger partial charge in [-0.05, 0) is 11.5 Å². The molecule has 0 aliphatic carbocycles. The predicted molar refractivity (Wildman–Crippen MR) is 61.9 cm³/mol. The van der Waals surface area contributed by atoms with E-state index in [2.05, 4.69) is 38.1 Å². The van der Waals surface area contributed by atoms with Gasteiger partial charge in [0.25, 0.3) is 0 Å². The Bertz CT molecular complexity index is 210. The molecule has 0 atom stereocenters. The number of carbonyl (C=O) groups is 3. The molecule has 0 unspecified atom stereocenters. The van der Waals surface area contributed by atoms with Crippen molar-refractivity contribution in [1.82, 2.24) is 0 Å². The second-order valence-electron chi connectivity index (χ2n) is 2.57. The van der Waals surface area contributed by atoms with Crippen molar-refractivity contribution >= 4 is 20.4 Å². The quantitative estimate of drug-likeness (QED) is 0.748. The van der Waals surface area contributed by atoms with Crippen molar-refractivity contribution in [1.29, 1.82) is 0 Å². The van der Waals surface area contributed by atoms with E-state index >= 15 is 0 Å². The van der Waals surface area contributed by atoms with Crippen molar-refractivity contribution in [2.24, 2.45) is 0 Å². The van der Waals surface area contributed by atoms with E-state index in [0.29, 0.717) is 5.92 Å². The number of benzene rings is 1.